The van der Waals surface area contributed by atoms with E-state index in [1.807, 2.05) is 18.2 Å². The van der Waals surface area contributed by atoms with E-state index in [9.17, 15) is 9.59 Å². The lowest BCUT2D eigenvalue weighted by Crippen LogP contribution is -2.47. The van der Waals surface area contributed by atoms with Crippen molar-refractivity contribution in [1.29, 1.82) is 0 Å². The molecule has 7 nitrogen and oxygen atoms in total. The van der Waals surface area contributed by atoms with Crippen molar-refractivity contribution in [2.24, 2.45) is 0 Å². The number of anilines is 1. The predicted octanol–water partition coefficient (Wildman–Crippen LogP) is 2.33. The summed E-state index contributed by atoms with van der Waals surface area (Å²) < 4.78 is 5.47. The number of carbonyl (C=O) groups excluding carboxylic acids is 2. The zero-order valence-electron chi connectivity index (χ0n) is 18.7. The topological polar surface area (TPSA) is 73.9 Å². The van der Waals surface area contributed by atoms with Gasteiger partial charge in [-0.15, -0.1) is 0 Å². The lowest BCUT2D eigenvalue weighted by Gasteiger charge is -2.36. The third-order valence-corrected chi connectivity index (χ3v) is 6.06. The second kappa shape index (κ2) is 12.3. The number of nitrogens with one attached hydrogen (secondary N) is 2. The molecule has 0 bridgehead atoms. The summed E-state index contributed by atoms with van der Waals surface area (Å²) in [5.41, 5.74) is 2.54. The lowest BCUT2D eigenvalue weighted by molar-refractivity contribution is -0.139. The summed E-state index contributed by atoms with van der Waals surface area (Å²) in [7, 11) is 1.71. The molecule has 2 N–H and O–H groups in total. The molecule has 0 atom stereocenters. The Morgan fingerprint density at radius 1 is 1.00 bits per heavy atom. The highest BCUT2D eigenvalue weighted by molar-refractivity contribution is 6.35. The van der Waals surface area contributed by atoms with E-state index >= 15 is 0 Å². The van der Waals surface area contributed by atoms with E-state index in [1.54, 1.807) is 7.11 Å². The van der Waals surface area contributed by atoms with Gasteiger partial charge in [0.05, 0.1) is 12.8 Å². The van der Waals surface area contributed by atoms with Gasteiger partial charge in [-0.25, -0.2) is 0 Å². The quantitative estimate of drug-likeness (QED) is 0.359. The van der Waals surface area contributed by atoms with Gasteiger partial charge in [0.25, 0.3) is 0 Å². The Morgan fingerprint density at radius 2 is 1.74 bits per heavy atom. The summed E-state index contributed by atoms with van der Waals surface area (Å²) in [4.78, 5) is 28.7. The lowest BCUT2D eigenvalue weighted by atomic mass is 9.97. The van der Waals surface area contributed by atoms with Gasteiger partial charge in [0, 0.05) is 39.3 Å². The normalized spacial score (nSPS) is 17.1. The first-order valence-corrected chi connectivity index (χ1v) is 11.5. The molecule has 3 rings (SSSR count). The molecule has 1 aliphatic heterocycles. The maximum Gasteiger partial charge on any atom is 0.309 e. The predicted molar refractivity (Wildman–Crippen MR) is 123 cm³/mol. The second-order valence-electron chi connectivity index (χ2n) is 8.22. The van der Waals surface area contributed by atoms with Crippen molar-refractivity contribution in [1.82, 2.24) is 15.5 Å². The van der Waals surface area contributed by atoms with Crippen LogP contribution in [0.2, 0.25) is 0 Å². The number of amides is 2. The van der Waals surface area contributed by atoms with Crippen LogP contribution in [-0.2, 0) is 9.59 Å². The van der Waals surface area contributed by atoms with Gasteiger partial charge in [-0.3, -0.25) is 14.5 Å². The van der Waals surface area contributed by atoms with Crippen molar-refractivity contribution in [3.8, 4) is 5.75 Å². The van der Waals surface area contributed by atoms with Crippen molar-refractivity contribution >= 4 is 17.5 Å². The summed E-state index contributed by atoms with van der Waals surface area (Å²) in [6.45, 7) is 5.82. The first kappa shape index (κ1) is 23.1. The minimum Gasteiger partial charge on any atom is -0.495 e. The van der Waals surface area contributed by atoms with E-state index in [0.29, 0.717) is 13.1 Å². The van der Waals surface area contributed by atoms with Crippen LogP contribution in [0.25, 0.3) is 0 Å². The Kier molecular flexibility index (Phi) is 9.21. The Bertz CT molecular complexity index is 757. The number of nitrogens with zero attached hydrogens (tertiary/aromatic N) is 2. The van der Waals surface area contributed by atoms with Crippen molar-refractivity contribution < 1.29 is 14.3 Å². The number of benzene rings is 1. The number of hydrogen-bond acceptors (Lipinski definition) is 5. The number of methoxy groups -OCH3 is 1. The summed E-state index contributed by atoms with van der Waals surface area (Å²) in [6.07, 6.45) is 8.70. The van der Waals surface area contributed by atoms with Crippen LogP contribution in [0.15, 0.2) is 35.9 Å². The third kappa shape index (κ3) is 7.28. The van der Waals surface area contributed by atoms with E-state index in [-0.39, 0.29) is 0 Å². The van der Waals surface area contributed by atoms with Gasteiger partial charge in [0.1, 0.15) is 5.75 Å². The Morgan fingerprint density at radius 3 is 2.45 bits per heavy atom. The van der Waals surface area contributed by atoms with E-state index < -0.39 is 11.8 Å². The molecule has 1 aromatic rings. The molecule has 0 spiro atoms. The molecule has 1 saturated heterocycles. The molecule has 31 heavy (non-hydrogen) atoms. The Labute approximate surface area is 185 Å². The fourth-order valence-corrected chi connectivity index (χ4v) is 4.24. The van der Waals surface area contributed by atoms with Crippen LogP contribution in [0.1, 0.15) is 38.5 Å². The molecule has 1 heterocycles. The smallest absolute Gasteiger partial charge is 0.309 e. The van der Waals surface area contributed by atoms with E-state index in [0.717, 1.165) is 69.8 Å². The number of ether oxygens (including phenoxy) is 1. The highest BCUT2D eigenvalue weighted by atomic mass is 16.5. The maximum atomic E-state index is 12.0. The fraction of sp³-hybridized carbons (Fsp3) is 0.583. The summed E-state index contributed by atoms with van der Waals surface area (Å²) >= 11 is 0. The molecule has 0 aromatic heterocycles. The first-order valence-electron chi connectivity index (χ1n) is 11.5. The summed E-state index contributed by atoms with van der Waals surface area (Å²) in [6, 6.07) is 8.12. The molecule has 0 saturated carbocycles. The van der Waals surface area contributed by atoms with Gasteiger partial charge < -0.3 is 20.3 Å². The van der Waals surface area contributed by atoms with Crippen molar-refractivity contribution in [3.63, 3.8) is 0 Å². The van der Waals surface area contributed by atoms with Crippen LogP contribution in [0.4, 0.5) is 5.69 Å². The SMILES string of the molecule is COc1ccccc1N1CCN(CCCNC(=O)C(=O)NCCC2=CCCCC2)CC1. The van der Waals surface area contributed by atoms with Crippen LogP contribution in [0.5, 0.6) is 5.75 Å². The number of rotatable bonds is 9. The number of piperazine rings is 1. The van der Waals surface area contributed by atoms with Crippen LogP contribution in [0, 0.1) is 0 Å². The highest BCUT2D eigenvalue weighted by Gasteiger charge is 2.19. The number of para-hydroxylation sites is 2. The zero-order valence-corrected chi connectivity index (χ0v) is 18.7. The van der Waals surface area contributed by atoms with Crippen molar-refractivity contribution in [2.75, 3.05) is 57.8 Å². The van der Waals surface area contributed by atoms with E-state index in [4.69, 9.17) is 4.74 Å². The van der Waals surface area contributed by atoms with Crippen molar-refractivity contribution in [3.05, 3.63) is 35.9 Å². The van der Waals surface area contributed by atoms with Gasteiger partial charge >= 0.3 is 11.8 Å². The molecule has 1 aromatic carbocycles. The maximum absolute atomic E-state index is 12.0. The molecular weight excluding hydrogens is 392 g/mol. The monoisotopic (exact) mass is 428 g/mol. The molecule has 1 fully saturated rings. The van der Waals surface area contributed by atoms with E-state index in [2.05, 4.69) is 32.6 Å². The minimum atomic E-state index is -0.529. The Balaban J connectivity index is 1.26. The van der Waals surface area contributed by atoms with Gasteiger partial charge in [-0.2, -0.15) is 0 Å². The molecule has 7 heteroatoms. The summed E-state index contributed by atoms with van der Waals surface area (Å²) in [5, 5.41) is 5.47. The van der Waals surface area contributed by atoms with Gasteiger partial charge in [-0.05, 0) is 57.2 Å². The average Bonchev–Trinajstić information content (AvgIpc) is 2.82. The fourth-order valence-electron chi connectivity index (χ4n) is 4.24. The number of hydrogen-bond donors (Lipinski definition) is 2. The zero-order chi connectivity index (χ0) is 21.9. The molecule has 2 aliphatic rings. The van der Waals surface area contributed by atoms with Gasteiger partial charge in [0.2, 0.25) is 0 Å². The van der Waals surface area contributed by atoms with Crippen LogP contribution in [-0.4, -0.2) is 69.6 Å². The van der Waals surface area contributed by atoms with E-state index in [1.165, 1.54) is 18.4 Å². The number of carbonyl (C=O) groups is 2. The molecule has 0 radical (unpaired) electrons. The largest absolute Gasteiger partial charge is 0.495 e. The van der Waals surface area contributed by atoms with Crippen LogP contribution < -0.4 is 20.3 Å². The number of allylic oxidation sites excluding steroid dienone is 1. The van der Waals surface area contributed by atoms with Gasteiger partial charge in [0.15, 0.2) is 0 Å². The molecule has 170 valence electrons. The molecular formula is C24H36N4O3. The van der Waals surface area contributed by atoms with Gasteiger partial charge in [-0.1, -0.05) is 23.8 Å². The molecule has 1 aliphatic carbocycles. The molecule has 0 unspecified atom stereocenters. The minimum absolute atomic E-state index is 0.518. The average molecular weight is 429 g/mol. The third-order valence-electron chi connectivity index (χ3n) is 6.06. The standard InChI is InChI=1S/C24H36N4O3/c1-31-22-11-6-5-10-21(22)28-18-16-27(17-19-28)15-7-13-25-23(29)24(30)26-14-12-20-8-3-2-4-9-20/h5-6,8,10-11H,2-4,7,9,12-19H2,1H3,(H,25,29)(H,26,30). The van der Waals surface area contributed by atoms with Crippen LogP contribution in [0.3, 0.4) is 0 Å². The van der Waals surface area contributed by atoms with Crippen LogP contribution >= 0.6 is 0 Å². The summed E-state index contributed by atoms with van der Waals surface area (Å²) in [5.74, 6) is -0.146. The second-order valence-corrected chi connectivity index (χ2v) is 8.22. The highest BCUT2D eigenvalue weighted by Crippen LogP contribution is 2.28. The van der Waals surface area contributed by atoms with Crippen molar-refractivity contribution in [2.45, 2.75) is 38.5 Å². The first-order chi connectivity index (χ1) is 15.2. The Hall–Kier alpha value is -2.54. The molecule has 2 amide bonds.